The van der Waals surface area contributed by atoms with Crippen LogP contribution in [0.4, 0.5) is 5.69 Å². The summed E-state index contributed by atoms with van der Waals surface area (Å²) < 4.78 is 12.8. The van der Waals surface area contributed by atoms with E-state index in [-0.39, 0.29) is 0 Å². The molecule has 0 radical (unpaired) electrons. The summed E-state index contributed by atoms with van der Waals surface area (Å²) in [5.74, 6) is 1.63. The van der Waals surface area contributed by atoms with E-state index in [2.05, 4.69) is 62.2 Å². The molecule has 0 aliphatic carbocycles. The van der Waals surface area contributed by atoms with Gasteiger partial charge in [-0.15, -0.1) is 0 Å². The lowest BCUT2D eigenvalue weighted by Crippen LogP contribution is -2.46. The maximum absolute atomic E-state index is 5.72. The fraction of sp³-hybridized carbons (Fsp3) is 0.276. The number of aromatic nitrogens is 4. The zero-order chi connectivity index (χ0) is 25.0. The number of imidazole rings is 1. The van der Waals surface area contributed by atoms with Gasteiger partial charge in [0.2, 0.25) is 0 Å². The topological polar surface area (TPSA) is 68.5 Å². The first-order valence-corrected chi connectivity index (χ1v) is 12.6. The second-order valence-electron chi connectivity index (χ2n) is 9.24. The molecule has 2 aromatic carbocycles. The van der Waals surface area contributed by atoms with Crippen LogP contribution in [-0.2, 0) is 11.3 Å². The van der Waals surface area contributed by atoms with E-state index in [0.29, 0.717) is 13.2 Å². The fourth-order valence-electron chi connectivity index (χ4n) is 4.83. The number of methoxy groups -OCH3 is 1. The van der Waals surface area contributed by atoms with Crippen LogP contribution in [0.15, 0.2) is 79.3 Å². The van der Waals surface area contributed by atoms with Gasteiger partial charge in [0.1, 0.15) is 24.5 Å². The highest BCUT2D eigenvalue weighted by atomic mass is 16.5. The molecule has 0 unspecified atom stereocenters. The van der Waals surface area contributed by atoms with E-state index < -0.39 is 0 Å². The summed E-state index contributed by atoms with van der Waals surface area (Å²) in [5, 5.41) is 1.13. The summed E-state index contributed by atoms with van der Waals surface area (Å²) in [6.45, 7) is 6.03. The minimum atomic E-state index is 0.512. The van der Waals surface area contributed by atoms with Crippen LogP contribution in [0.1, 0.15) is 5.69 Å². The number of benzene rings is 2. The molecule has 1 aliphatic rings. The smallest absolute Gasteiger partial charge is 0.139 e. The first-order valence-electron chi connectivity index (χ1n) is 12.6. The lowest BCUT2D eigenvalue weighted by molar-refractivity contribution is 0.146. The third kappa shape index (κ3) is 5.12. The third-order valence-corrected chi connectivity index (χ3v) is 6.83. The van der Waals surface area contributed by atoms with Crippen molar-refractivity contribution < 1.29 is 9.47 Å². The van der Waals surface area contributed by atoms with Gasteiger partial charge in [-0.1, -0.05) is 6.07 Å². The van der Waals surface area contributed by atoms with Crippen molar-refractivity contribution >= 4 is 27.6 Å². The van der Waals surface area contributed by atoms with E-state index in [0.717, 1.165) is 71.9 Å². The third-order valence-electron chi connectivity index (χ3n) is 6.83. The number of pyridine rings is 2. The van der Waals surface area contributed by atoms with Crippen molar-refractivity contribution in [3.63, 3.8) is 0 Å². The highest BCUT2D eigenvalue weighted by molar-refractivity contribution is 5.84. The Morgan fingerprint density at radius 3 is 2.59 bits per heavy atom. The van der Waals surface area contributed by atoms with Crippen molar-refractivity contribution in [2.75, 3.05) is 51.4 Å². The van der Waals surface area contributed by atoms with Gasteiger partial charge in [0, 0.05) is 63.2 Å². The molecule has 3 aromatic heterocycles. The standard InChI is InChI=1S/C29H30N6O2/c1-36-16-17-37-25-7-9-28-27(19-25)31-21-35(28)29-10-5-22-18-24(6-8-26(22)32-29)34-14-12-33(13-15-34)20-23-4-2-3-11-30-23/h2-11,18-19,21H,12-17,20H2,1H3. The van der Waals surface area contributed by atoms with Crippen molar-refractivity contribution in [1.29, 1.82) is 0 Å². The highest BCUT2D eigenvalue weighted by Gasteiger charge is 2.18. The lowest BCUT2D eigenvalue weighted by Gasteiger charge is -2.36. The zero-order valence-corrected chi connectivity index (χ0v) is 21.0. The molecule has 8 heteroatoms. The number of ether oxygens (including phenoxy) is 2. The van der Waals surface area contributed by atoms with E-state index in [4.69, 9.17) is 14.5 Å². The monoisotopic (exact) mass is 494 g/mol. The quantitative estimate of drug-likeness (QED) is 0.298. The van der Waals surface area contributed by atoms with Crippen LogP contribution in [0, 0.1) is 0 Å². The van der Waals surface area contributed by atoms with E-state index in [1.807, 2.05) is 41.4 Å². The molecule has 0 saturated carbocycles. The van der Waals surface area contributed by atoms with Crippen molar-refractivity contribution in [3.05, 3.63) is 84.9 Å². The maximum Gasteiger partial charge on any atom is 0.139 e. The Labute approximate surface area is 216 Å². The van der Waals surface area contributed by atoms with E-state index in [1.54, 1.807) is 7.11 Å². The molecule has 0 bridgehead atoms. The average molecular weight is 495 g/mol. The molecule has 188 valence electrons. The molecule has 0 spiro atoms. The molecule has 5 aromatic rings. The summed E-state index contributed by atoms with van der Waals surface area (Å²) in [5.41, 5.74) is 5.20. The molecule has 1 fully saturated rings. The predicted molar refractivity (Wildman–Crippen MR) is 145 cm³/mol. The summed E-state index contributed by atoms with van der Waals surface area (Å²) in [7, 11) is 1.66. The number of anilines is 1. The number of nitrogens with zero attached hydrogens (tertiary/aromatic N) is 6. The Morgan fingerprint density at radius 1 is 0.838 bits per heavy atom. The zero-order valence-electron chi connectivity index (χ0n) is 21.0. The van der Waals surface area contributed by atoms with E-state index in [1.165, 1.54) is 5.69 Å². The summed E-state index contributed by atoms with van der Waals surface area (Å²) in [6.07, 6.45) is 3.68. The van der Waals surface area contributed by atoms with Gasteiger partial charge in [-0.05, 0) is 54.6 Å². The molecule has 6 rings (SSSR count). The molecule has 8 nitrogen and oxygen atoms in total. The van der Waals surface area contributed by atoms with Crippen molar-refractivity contribution in [1.82, 2.24) is 24.4 Å². The van der Waals surface area contributed by atoms with E-state index >= 15 is 0 Å². The minimum absolute atomic E-state index is 0.512. The molecule has 0 N–H and O–H groups in total. The van der Waals surface area contributed by atoms with Gasteiger partial charge < -0.3 is 14.4 Å². The van der Waals surface area contributed by atoms with Gasteiger partial charge in [0.15, 0.2) is 0 Å². The Hall–Kier alpha value is -4.01. The first-order chi connectivity index (χ1) is 18.3. The maximum atomic E-state index is 5.72. The summed E-state index contributed by atoms with van der Waals surface area (Å²) in [4.78, 5) is 18.9. The van der Waals surface area contributed by atoms with Crippen LogP contribution in [0.5, 0.6) is 5.75 Å². The summed E-state index contributed by atoms with van der Waals surface area (Å²) >= 11 is 0. The molecular weight excluding hydrogens is 464 g/mol. The van der Waals surface area contributed by atoms with E-state index in [9.17, 15) is 0 Å². The van der Waals surface area contributed by atoms with Crippen LogP contribution < -0.4 is 9.64 Å². The van der Waals surface area contributed by atoms with Crippen LogP contribution >= 0.6 is 0 Å². The molecule has 1 aliphatic heterocycles. The first kappa shape index (κ1) is 23.4. The Morgan fingerprint density at radius 2 is 1.76 bits per heavy atom. The molecule has 4 heterocycles. The molecule has 0 amide bonds. The number of hydrogen-bond acceptors (Lipinski definition) is 7. The molecule has 0 atom stereocenters. The van der Waals surface area contributed by atoms with Crippen LogP contribution in [0.3, 0.4) is 0 Å². The van der Waals surface area contributed by atoms with Gasteiger partial charge in [-0.25, -0.2) is 9.97 Å². The Bertz CT molecular complexity index is 1490. The van der Waals surface area contributed by atoms with Crippen LogP contribution in [0.25, 0.3) is 27.8 Å². The largest absolute Gasteiger partial charge is 0.491 e. The normalized spacial score (nSPS) is 14.5. The van der Waals surface area contributed by atoms with Crippen molar-refractivity contribution in [2.45, 2.75) is 6.54 Å². The molecule has 37 heavy (non-hydrogen) atoms. The molecular formula is C29H30N6O2. The van der Waals surface area contributed by atoms with Crippen molar-refractivity contribution in [2.24, 2.45) is 0 Å². The molecule has 1 saturated heterocycles. The highest BCUT2D eigenvalue weighted by Crippen LogP contribution is 2.26. The SMILES string of the molecule is COCCOc1ccc2c(c1)ncn2-c1ccc2cc(N3CCN(Cc4ccccn4)CC3)ccc2n1. The summed E-state index contributed by atoms with van der Waals surface area (Å²) in [6, 6.07) is 22.8. The number of fused-ring (bicyclic) bond motifs is 2. The minimum Gasteiger partial charge on any atom is -0.491 e. The van der Waals surface area contributed by atoms with Gasteiger partial charge in [-0.2, -0.15) is 0 Å². The van der Waals surface area contributed by atoms with Gasteiger partial charge in [0.05, 0.1) is 28.9 Å². The number of rotatable bonds is 8. The van der Waals surface area contributed by atoms with Crippen LogP contribution in [-0.4, -0.2) is 70.9 Å². The second-order valence-corrected chi connectivity index (χ2v) is 9.24. The number of hydrogen-bond donors (Lipinski definition) is 0. The van der Waals surface area contributed by atoms with Gasteiger partial charge in [-0.3, -0.25) is 14.5 Å². The van der Waals surface area contributed by atoms with Gasteiger partial charge >= 0.3 is 0 Å². The number of piperazine rings is 1. The lowest BCUT2D eigenvalue weighted by atomic mass is 10.1. The Balaban J connectivity index is 1.15. The van der Waals surface area contributed by atoms with Gasteiger partial charge in [0.25, 0.3) is 0 Å². The average Bonchev–Trinajstić information content (AvgIpc) is 3.37. The predicted octanol–water partition coefficient (Wildman–Crippen LogP) is 4.32. The van der Waals surface area contributed by atoms with Crippen LogP contribution in [0.2, 0.25) is 0 Å². The fourth-order valence-corrected chi connectivity index (χ4v) is 4.83. The second kappa shape index (κ2) is 10.5. The Kier molecular flexibility index (Phi) is 6.66. The van der Waals surface area contributed by atoms with Crippen molar-refractivity contribution in [3.8, 4) is 11.6 Å².